The van der Waals surface area contributed by atoms with Crippen LogP contribution in [0.15, 0.2) is 95.4 Å². The number of para-hydroxylation sites is 2. The summed E-state index contributed by atoms with van der Waals surface area (Å²) in [4.78, 5) is 128. The second-order valence-corrected chi connectivity index (χ2v) is 24.9. The number of allylic oxidation sites excluding steroid dienone is 5. The number of hydrogen-bond donors (Lipinski definition) is 8. The average molecular weight is 1210 g/mol. The van der Waals surface area contributed by atoms with Crippen LogP contribution < -0.4 is 31.5 Å². The molecule has 4 heterocycles. The zero-order chi connectivity index (χ0) is 61.3. The Morgan fingerprint density at radius 3 is 2.05 bits per heavy atom. The molecule has 7 amide bonds. The molecule has 5 aliphatic rings. The predicted octanol–water partition coefficient (Wildman–Crippen LogP) is 1.83. The van der Waals surface area contributed by atoms with Crippen LogP contribution in [0.4, 0.5) is 11.4 Å². The van der Waals surface area contributed by atoms with Gasteiger partial charge in [-0.05, 0) is 70.1 Å². The standard InChI is InChI=1S/C57H74N9O16PS/c1-56(2)38-16-7-9-18-42(38)63(5)45(56)32-36-51(37(52(36)71)33-46-57(3,4)39-17-8-10-19-43(39)64(46)6)65-28-15-20-44(65)55(74)62-41(35-84(78,79)80)54(73)60-26-14-12-22-48(68)61-40(34-82-83(75,76)77)53(72)59-25-13-11-21-47(67)58-27-30-81-31-29-66-49(69)23-24-50(66)70/h7-10,16-19,23-24,32-33,40-41,44H,11-15,20-22,25-31,34-35H2,1-6H3,(H7-,58,59,60,61,62,67,68,72,73,74,75,76,77,78,79,80)/p+1/t40?,41-,44+/m0/s1. The molecule has 7 rings (SSSR count). The molecule has 1 unspecified atom stereocenters. The fourth-order valence-electron chi connectivity index (χ4n) is 11.2. The van der Waals surface area contributed by atoms with E-state index in [-0.39, 0.29) is 83.2 Å². The number of likely N-dealkylation sites (tertiary alicyclic amines) is 1. The van der Waals surface area contributed by atoms with E-state index in [1.807, 2.05) is 67.5 Å². The van der Waals surface area contributed by atoms with Crippen LogP contribution in [0.3, 0.4) is 0 Å². The number of benzene rings is 2. The van der Waals surface area contributed by atoms with E-state index in [0.29, 0.717) is 42.7 Å². The number of hydrogen-bond acceptors (Lipinski definition) is 15. The van der Waals surface area contributed by atoms with Crippen LogP contribution in [0.25, 0.3) is 0 Å². The number of Topliss-reactive ketones (excluding diaryl/α,β-unsaturated/α-hetero) is 1. The molecule has 0 bridgehead atoms. The number of nitrogens with one attached hydrogen (secondary N) is 5. The van der Waals surface area contributed by atoms with Crippen molar-refractivity contribution in [1.82, 2.24) is 36.4 Å². The first-order valence-electron chi connectivity index (χ1n) is 27.8. The third-order valence-corrected chi connectivity index (χ3v) is 16.8. The molecule has 2 aromatic carbocycles. The summed E-state index contributed by atoms with van der Waals surface area (Å²) in [7, 11) is -6.03. The molecule has 1 aliphatic carbocycles. The summed E-state index contributed by atoms with van der Waals surface area (Å²) in [6, 6.07) is 11.7. The molecule has 3 atom stereocenters. The van der Waals surface area contributed by atoms with Crippen LogP contribution in [0.5, 0.6) is 0 Å². The van der Waals surface area contributed by atoms with Gasteiger partial charge in [-0.15, -0.1) is 0 Å². The Morgan fingerprint density at radius 2 is 1.42 bits per heavy atom. The van der Waals surface area contributed by atoms with E-state index >= 15 is 0 Å². The van der Waals surface area contributed by atoms with Gasteiger partial charge in [-0.2, -0.15) is 13.0 Å². The van der Waals surface area contributed by atoms with Crippen molar-refractivity contribution >= 4 is 82.2 Å². The minimum Gasteiger partial charge on any atom is -0.378 e. The monoisotopic (exact) mass is 1200 g/mol. The van der Waals surface area contributed by atoms with E-state index in [4.69, 9.17) is 4.74 Å². The summed E-state index contributed by atoms with van der Waals surface area (Å²) in [6.07, 6.45) is 7.65. The Balaban J connectivity index is 0.928. The highest BCUT2D eigenvalue weighted by atomic mass is 32.2. The summed E-state index contributed by atoms with van der Waals surface area (Å²) in [5.74, 6) is -5.69. The van der Waals surface area contributed by atoms with Crippen molar-refractivity contribution in [1.29, 1.82) is 0 Å². The number of imide groups is 1. The van der Waals surface area contributed by atoms with Gasteiger partial charge in [0, 0.05) is 98.3 Å². The maximum Gasteiger partial charge on any atom is 0.469 e. The number of carbonyl (C=O) groups is 8. The number of carbonyl (C=O) groups excluding carboxylic acids is 8. The number of rotatable bonds is 29. The SMILES string of the molecule is CN1/C(=C/C2=C(N3CCC[C@@H]3C(=O)N[C@@H](CS(=O)(=O)O)C(=O)NCCCCC(=O)NC(COP(=O)(O)O)C(=O)NCCCCC(=O)NCCOCCN3C(=O)C=CC3=O)C(=C/C3=[N+](C)c4ccccc4C3(C)C)/C2=O)C(C)(C)c2ccccc21. The van der Waals surface area contributed by atoms with Crippen molar-refractivity contribution in [3.05, 3.63) is 107 Å². The third-order valence-electron chi connectivity index (χ3n) is 15.5. The third kappa shape index (κ3) is 15.6. The fourth-order valence-corrected chi connectivity index (χ4v) is 12.2. The van der Waals surface area contributed by atoms with Gasteiger partial charge in [0.1, 0.15) is 30.9 Å². The van der Waals surface area contributed by atoms with E-state index in [2.05, 4.69) is 80.4 Å². The summed E-state index contributed by atoms with van der Waals surface area (Å²) in [5, 5.41) is 12.7. The first kappa shape index (κ1) is 64.4. The van der Waals surface area contributed by atoms with Crippen LogP contribution in [-0.4, -0.2) is 180 Å². The summed E-state index contributed by atoms with van der Waals surface area (Å²) >= 11 is 0. The Morgan fingerprint density at radius 1 is 0.798 bits per heavy atom. The van der Waals surface area contributed by atoms with Gasteiger partial charge in [0.25, 0.3) is 21.9 Å². The molecule has 0 aromatic heterocycles. The molecule has 8 N–H and O–H groups in total. The normalized spacial score (nSPS) is 19.7. The fraction of sp³-hybridized carbons (Fsp3) is 0.491. The average Bonchev–Trinajstić information content (AvgIpc) is 1.60. The molecular weight excluding hydrogens is 1130 g/mol. The number of amides is 7. The van der Waals surface area contributed by atoms with Gasteiger partial charge in [-0.25, -0.2) is 4.57 Å². The molecule has 27 heteroatoms. The number of ketones is 1. The molecule has 454 valence electrons. The molecular formula is C57H75N9O16PS+. The van der Waals surface area contributed by atoms with Crippen LogP contribution >= 0.6 is 7.82 Å². The van der Waals surface area contributed by atoms with Crippen molar-refractivity contribution in [2.24, 2.45) is 0 Å². The summed E-state index contributed by atoms with van der Waals surface area (Å²) in [6.45, 7) is 8.20. The Labute approximate surface area is 488 Å². The van der Waals surface area contributed by atoms with Gasteiger partial charge in [-0.3, -0.25) is 52.3 Å². The second-order valence-electron chi connectivity index (χ2n) is 22.2. The van der Waals surface area contributed by atoms with Gasteiger partial charge in [0.15, 0.2) is 11.5 Å². The predicted molar refractivity (Wildman–Crippen MR) is 308 cm³/mol. The van der Waals surface area contributed by atoms with E-state index in [9.17, 15) is 65.7 Å². The van der Waals surface area contributed by atoms with E-state index in [0.717, 1.165) is 38.8 Å². The van der Waals surface area contributed by atoms with E-state index < -0.39 is 94.7 Å². The number of phosphoric acid groups is 1. The quantitative estimate of drug-likeness (QED) is 0.0144. The highest BCUT2D eigenvalue weighted by molar-refractivity contribution is 7.85. The lowest BCUT2D eigenvalue weighted by Crippen LogP contribution is -2.55. The van der Waals surface area contributed by atoms with E-state index in [1.165, 1.54) is 12.2 Å². The Kier molecular flexibility index (Phi) is 20.9. The number of nitrogens with zero attached hydrogens (tertiary/aromatic N) is 4. The van der Waals surface area contributed by atoms with E-state index in [1.54, 1.807) is 0 Å². The van der Waals surface area contributed by atoms with Gasteiger partial charge >= 0.3 is 7.82 Å². The molecule has 25 nitrogen and oxygen atoms in total. The van der Waals surface area contributed by atoms with Gasteiger partial charge in [0.05, 0.1) is 43.1 Å². The number of ether oxygens (including phenoxy) is 1. The molecule has 1 saturated heterocycles. The molecule has 2 aromatic rings. The van der Waals surface area contributed by atoms with Crippen LogP contribution in [0.1, 0.15) is 90.2 Å². The minimum absolute atomic E-state index is 0.0352. The smallest absolute Gasteiger partial charge is 0.378 e. The lowest BCUT2D eigenvalue weighted by molar-refractivity contribution is -0.401. The van der Waals surface area contributed by atoms with Gasteiger partial charge < -0.3 is 50.9 Å². The van der Waals surface area contributed by atoms with Crippen LogP contribution in [0.2, 0.25) is 0 Å². The second kappa shape index (κ2) is 27.2. The van der Waals surface area contributed by atoms with Crippen molar-refractivity contribution in [3.8, 4) is 0 Å². The topological polar surface area (TPSA) is 340 Å². The van der Waals surface area contributed by atoms with Crippen molar-refractivity contribution in [2.75, 3.05) is 77.3 Å². The highest BCUT2D eigenvalue weighted by Gasteiger charge is 2.49. The van der Waals surface area contributed by atoms with Gasteiger partial charge in [-0.1, -0.05) is 50.2 Å². The Bertz CT molecular complexity index is 3260. The molecule has 1 fully saturated rings. The highest BCUT2D eigenvalue weighted by Crippen LogP contribution is 2.49. The zero-order valence-corrected chi connectivity index (χ0v) is 49.7. The summed E-state index contributed by atoms with van der Waals surface area (Å²) < 4.78 is 58.1. The Hall–Kier alpha value is -7.19. The first-order chi connectivity index (χ1) is 39.6. The lowest BCUT2D eigenvalue weighted by atomic mass is 9.76. The maximum atomic E-state index is 14.7. The number of unbranched alkanes of at least 4 members (excludes halogenated alkanes) is 2. The number of anilines is 1. The largest absolute Gasteiger partial charge is 0.469 e. The first-order valence-corrected chi connectivity index (χ1v) is 31.0. The molecule has 4 aliphatic heterocycles. The number of fused-ring (bicyclic) bond motifs is 2. The van der Waals surface area contributed by atoms with Crippen LogP contribution in [-0.2, 0) is 73.1 Å². The number of likely N-dealkylation sites (N-methyl/N-ethyl adjacent to an activating group) is 1. The summed E-state index contributed by atoms with van der Waals surface area (Å²) in [5.41, 5.74) is 6.20. The zero-order valence-electron chi connectivity index (χ0n) is 48.0. The minimum atomic E-state index is -5.07. The van der Waals surface area contributed by atoms with Crippen LogP contribution in [0, 0.1) is 0 Å². The lowest BCUT2D eigenvalue weighted by Gasteiger charge is -2.37. The van der Waals surface area contributed by atoms with Crippen molar-refractivity contribution in [2.45, 2.75) is 108 Å². The molecule has 0 saturated carbocycles. The number of phosphoric ester groups is 1. The van der Waals surface area contributed by atoms with Crippen molar-refractivity contribution < 1.29 is 79.5 Å². The molecule has 0 radical (unpaired) electrons. The van der Waals surface area contributed by atoms with Gasteiger partial charge in [0.2, 0.25) is 35.2 Å². The van der Waals surface area contributed by atoms with Crippen molar-refractivity contribution in [3.63, 3.8) is 0 Å². The molecule has 0 spiro atoms. The molecule has 84 heavy (non-hydrogen) atoms. The maximum absolute atomic E-state index is 14.7.